The molecule has 1 fully saturated rings. The third-order valence-corrected chi connectivity index (χ3v) is 4.90. The maximum Gasteiger partial charge on any atom is 0.0212 e. The van der Waals surface area contributed by atoms with Crippen molar-refractivity contribution in [1.82, 2.24) is 5.32 Å². The van der Waals surface area contributed by atoms with E-state index in [1.54, 1.807) is 0 Å². The van der Waals surface area contributed by atoms with Crippen LogP contribution in [0.2, 0.25) is 0 Å². The molecule has 1 atom stereocenters. The van der Waals surface area contributed by atoms with Crippen LogP contribution in [0.25, 0.3) is 0 Å². The number of hydrogen-bond donors (Lipinski definition) is 1. The summed E-state index contributed by atoms with van der Waals surface area (Å²) in [6.45, 7) is 6.87. The van der Waals surface area contributed by atoms with Crippen molar-refractivity contribution in [2.24, 2.45) is 0 Å². The second kappa shape index (κ2) is 6.72. The fourth-order valence-electron chi connectivity index (χ4n) is 2.99. The van der Waals surface area contributed by atoms with Crippen LogP contribution in [-0.2, 0) is 0 Å². The number of benzene rings is 1. The molecule has 1 unspecified atom stereocenters. The van der Waals surface area contributed by atoms with E-state index in [1.807, 2.05) is 0 Å². The van der Waals surface area contributed by atoms with E-state index < -0.39 is 0 Å². The van der Waals surface area contributed by atoms with Crippen molar-refractivity contribution in [3.8, 4) is 0 Å². The van der Waals surface area contributed by atoms with Crippen molar-refractivity contribution in [3.05, 3.63) is 33.8 Å². The molecule has 0 amide bonds. The SMILES string of the molecule is CCC(CC)c1ccc(C2CCCNC2)cc1Br. The molecule has 0 saturated carbocycles. The largest absolute Gasteiger partial charge is 0.316 e. The summed E-state index contributed by atoms with van der Waals surface area (Å²) < 4.78 is 1.30. The minimum absolute atomic E-state index is 0.693. The van der Waals surface area contributed by atoms with Gasteiger partial charge in [0.2, 0.25) is 0 Å². The average Bonchev–Trinajstić information content (AvgIpc) is 2.43. The maximum absolute atomic E-state index is 3.78. The van der Waals surface area contributed by atoms with Crippen LogP contribution in [0.1, 0.15) is 62.5 Å². The van der Waals surface area contributed by atoms with E-state index >= 15 is 0 Å². The molecule has 0 radical (unpaired) electrons. The van der Waals surface area contributed by atoms with E-state index in [1.165, 1.54) is 47.8 Å². The summed E-state index contributed by atoms with van der Waals surface area (Å²) in [4.78, 5) is 0. The van der Waals surface area contributed by atoms with Crippen molar-refractivity contribution in [2.75, 3.05) is 13.1 Å². The standard InChI is InChI=1S/C16H24BrN/c1-3-12(4-2)15-8-7-13(10-16(15)17)14-6-5-9-18-11-14/h7-8,10,12,14,18H,3-6,9,11H2,1-2H3. The summed E-state index contributed by atoms with van der Waals surface area (Å²) in [5.74, 6) is 1.39. The van der Waals surface area contributed by atoms with Crippen molar-refractivity contribution in [1.29, 1.82) is 0 Å². The second-order valence-corrected chi connectivity index (χ2v) is 6.19. The summed E-state index contributed by atoms with van der Waals surface area (Å²) in [5.41, 5.74) is 2.97. The Labute approximate surface area is 119 Å². The smallest absolute Gasteiger partial charge is 0.0212 e. The Hall–Kier alpha value is -0.340. The summed E-state index contributed by atoms with van der Waals surface area (Å²) in [6.07, 6.45) is 5.07. The zero-order valence-electron chi connectivity index (χ0n) is 11.5. The molecular formula is C16H24BrN. The third-order valence-electron chi connectivity index (χ3n) is 4.22. The molecule has 18 heavy (non-hydrogen) atoms. The van der Waals surface area contributed by atoms with E-state index in [2.05, 4.69) is 53.3 Å². The van der Waals surface area contributed by atoms with Gasteiger partial charge < -0.3 is 5.32 Å². The molecule has 1 saturated heterocycles. The summed E-state index contributed by atoms with van der Waals surface area (Å²) in [5, 5.41) is 3.50. The quantitative estimate of drug-likeness (QED) is 0.840. The highest BCUT2D eigenvalue weighted by Gasteiger charge is 2.17. The van der Waals surface area contributed by atoms with E-state index in [4.69, 9.17) is 0 Å². The monoisotopic (exact) mass is 309 g/mol. The van der Waals surface area contributed by atoms with Crippen LogP contribution in [0.3, 0.4) is 0 Å². The molecule has 1 aliphatic heterocycles. The molecule has 0 spiro atoms. The average molecular weight is 310 g/mol. The first-order valence-corrected chi connectivity index (χ1v) is 8.05. The molecule has 1 nitrogen and oxygen atoms in total. The first-order chi connectivity index (χ1) is 8.76. The van der Waals surface area contributed by atoms with Crippen molar-refractivity contribution >= 4 is 15.9 Å². The Kier molecular flexibility index (Phi) is 5.25. The molecule has 100 valence electrons. The molecule has 0 bridgehead atoms. The van der Waals surface area contributed by atoms with Crippen molar-refractivity contribution in [3.63, 3.8) is 0 Å². The summed E-state index contributed by atoms with van der Waals surface area (Å²) in [7, 11) is 0. The molecule has 1 aliphatic rings. The van der Waals surface area contributed by atoms with Gasteiger partial charge >= 0.3 is 0 Å². The Morgan fingerprint density at radius 2 is 2.11 bits per heavy atom. The minimum Gasteiger partial charge on any atom is -0.316 e. The fourth-order valence-corrected chi connectivity index (χ4v) is 3.71. The van der Waals surface area contributed by atoms with Crippen LogP contribution in [0.15, 0.2) is 22.7 Å². The van der Waals surface area contributed by atoms with E-state index in [9.17, 15) is 0 Å². The van der Waals surface area contributed by atoms with Gasteiger partial charge in [0.25, 0.3) is 0 Å². The summed E-state index contributed by atoms with van der Waals surface area (Å²) in [6, 6.07) is 7.03. The van der Waals surface area contributed by atoms with Crippen LogP contribution in [0.5, 0.6) is 0 Å². The van der Waals surface area contributed by atoms with Gasteiger partial charge in [0.05, 0.1) is 0 Å². The van der Waals surface area contributed by atoms with Crippen LogP contribution < -0.4 is 5.32 Å². The van der Waals surface area contributed by atoms with Crippen LogP contribution in [-0.4, -0.2) is 13.1 Å². The highest BCUT2D eigenvalue weighted by atomic mass is 79.9. The van der Waals surface area contributed by atoms with Gasteiger partial charge in [-0.25, -0.2) is 0 Å². The van der Waals surface area contributed by atoms with Gasteiger partial charge in [-0.1, -0.05) is 41.9 Å². The van der Waals surface area contributed by atoms with Gasteiger partial charge in [-0.05, 0) is 61.3 Å². The summed E-state index contributed by atoms with van der Waals surface area (Å²) >= 11 is 3.78. The topological polar surface area (TPSA) is 12.0 Å². The minimum atomic E-state index is 0.693. The Morgan fingerprint density at radius 3 is 2.67 bits per heavy atom. The molecule has 2 heteroatoms. The van der Waals surface area contributed by atoms with Crippen molar-refractivity contribution < 1.29 is 0 Å². The Balaban J connectivity index is 2.18. The number of hydrogen-bond acceptors (Lipinski definition) is 1. The molecular weight excluding hydrogens is 286 g/mol. The lowest BCUT2D eigenvalue weighted by Crippen LogP contribution is -2.28. The van der Waals surface area contributed by atoms with Gasteiger partial charge in [-0.3, -0.25) is 0 Å². The van der Waals surface area contributed by atoms with Crippen LogP contribution >= 0.6 is 15.9 Å². The number of piperidine rings is 1. The number of halogens is 1. The fraction of sp³-hybridized carbons (Fsp3) is 0.625. The molecule has 1 heterocycles. The van der Waals surface area contributed by atoms with Crippen LogP contribution in [0.4, 0.5) is 0 Å². The van der Waals surface area contributed by atoms with E-state index in [-0.39, 0.29) is 0 Å². The van der Waals surface area contributed by atoms with E-state index in [0.29, 0.717) is 11.8 Å². The predicted octanol–water partition coefficient (Wildman–Crippen LogP) is 4.82. The lowest BCUT2D eigenvalue weighted by molar-refractivity contribution is 0.461. The molecule has 2 rings (SSSR count). The molecule has 1 N–H and O–H groups in total. The zero-order valence-corrected chi connectivity index (χ0v) is 13.1. The Bertz CT molecular complexity index is 379. The van der Waals surface area contributed by atoms with Gasteiger partial charge in [0.15, 0.2) is 0 Å². The van der Waals surface area contributed by atoms with Crippen LogP contribution in [0, 0.1) is 0 Å². The first-order valence-electron chi connectivity index (χ1n) is 7.26. The lowest BCUT2D eigenvalue weighted by Gasteiger charge is -2.24. The number of nitrogens with one attached hydrogen (secondary N) is 1. The Morgan fingerprint density at radius 1 is 1.33 bits per heavy atom. The highest BCUT2D eigenvalue weighted by Crippen LogP contribution is 2.33. The molecule has 0 aromatic heterocycles. The van der Waals surface area contributed by atoms with Gasteiger partial charge in [-0.2, -0.15) is 0 Å². The highest BCUT2D eigenvalue weighted by molar-refractivity contribution is 9.10. The maximum atomic E-state index is 3.78. The van der Waals surface area contributed by atoms with E-state index in [0.717, 1.165) is 6.54 Å². The lowest BCUT2D eigenvalue weighted by atomic mass is 9.88. The van der Waals surface area contributed by atoms with Crippen molar-refractivity contribution in [2.45, 2.75) is 51.4 Å². The van der Waals surface area contributed by atoms with Gasteiger partial charge in [-0.15, -0.1) is 0 Å². The number of rotatable bonds is 4. The predicted molar refractivity (Wildman–Crippen MR) is 82.3 cm³/mol. The molecule has 1 aromatic carbocycles. The van der Waals surface area contributed by atoms with Gasteiger partial charge in [0, 0.05) is 11.0 Å². The normalized spacial score (nSPS) is 20.3. The third kappa shape index (κ3) is 3.16. The molecule has 1 aromatic rings. The molecule has 0 aliphatic carbocycles. The zero-order chi connectivity index (χ0) is 13.0. The second-order valence-electron chi connectivity index (χ2n) is 5.34. The first kappa shape index (κ1) is 14.1. The van der Waals surface area contributed by atoms with Gasteiger partial charge in [0.1, 0.15) is 0 Å².